The van der Waals surface area contributed by atoms with Gasteiger partial charge in [0.2, 0.25) is 0 Å². The van der Waals surface area contributed by atoms with Crippen molar-refractivity contribution in [3.05, 3.63) is 198 Å². The molecule has 296 valence electrons. The highest BCUT2D eigenvalue weighted by molar-refractivity contribution is 6.04. The second-order valence-electron chi connectivity index (χ2n) is 18.7. The molecule has 10 rings (SSSR count). The minimum absolute atomic E-state index is 0.00591. The number of para-hydroxylation sites is 1. The lowest BCUT2D eigenvalue weighted by Crippen LogP contribution is -2.15. The lowest BCUT2D eigenvalue weighted by atomic mass is 9.80. The highest BCUT2D eigenvalue weighted by Crippen LogP contribution is 2.53. The predicted molar refractivity (Wildman–Crippen MR) is 257 cm³/mol. The van der Waals surface area contributed by atoms with Crippen molar-refractivity contribution in [3.63, 3.8) is 0 Å². The molecule has 0 saturated heterocycles. The molecule has 8 aromatic carbocycles. The zero-order chi connectivity index (χ0) is 41.0. The quantitative estimate of drug-likeness (QED) is 0.156. The maximum Gasteiger partial charge on any atom is 0.0540 e. The average molecular weight is 778 g/mol. The zero-order valence-electron chi connectivity index (χ0n) is 35.8. The lowest BCUT2D eigenvalue weighted by Gasteiger charge is -2.32. The lowest BCUT2D eigenvalue weighted by molar-refractivity contribution is 0.445. The van der Waals surface area contributed by atoms with Gasteiger partial charge in [-0.25, -0.2) is 0 Å². The van der Waals surface area contributed by atoms with E-state index in [1.54, 1.807) is 0 Å². The van der Waals surface area contributed by atoms with Crippen LogP contribution in [-0.4, -0.2) is 0 Å². The van der Waals surface area contributed by atoms with Crippen LogP contribution in [-0.2, 0) is 10.8 Å². The Morgan fingerprint density at radius 1 is 0.483 bits per heavy atom. The summed E-state index contributed by atoms with van der Waals surface area (Å²) in [5.74, 6) is 0.589. The number of hydrogen-bond donors (Lipinski definition) is 0. The summed E-state index contributed by atoms with van der Waals surface area (Å²) in [5, 5.41) is 2.73. The molecule has 0 bridgehead atoms. The van der Waals surface area contributed by atoms with Crippen molar-refractivity contribution >= 4 is 27.8 Å². The maximum absolute atomic E-state index is 2.53. The molecule has 2 aliphatic rings. The van der Waals surface area contributed by atoms with E-state index >= 15 is 0 Å². The van der Waals surface area contributed by atoms with Crippen molar-refractivity contribution in [2.45, 2.75) is 83.5 Å². The summed E-state index contributed by atoms with van der Waals surface area (Å²) in [6.45, 7) is 11.7. The van der Waals surface area contributed by atoms with Gasteiger partial charge in [0.1, 0.15) is 0 Å². The topological polar surface area (TPSA) is 3.24 Å². The van der Waals surface area contributed by atoms with Crippen molar-refractivity contribution in [3.8, 4) is 44.5 Å². The van der Waals surface area contributed by atoms with Crippen LogP contribution >= 0.6 is 0 Å². The van der Waals surface area contributed by atoms with Crippen LogP contribution in [0.2, 0.25) is 0 Å². The fraction of sp³-hybridized carbons (Fsp3) is 0.220. The molecule has 0 heterocycles. The summed E-state index contributed by atoms with van der Waals surface area (Å²) in [6, 6.07) is 66.4. The molecule has 0 aromatic heterocycles. The van der Waals surface area contributed by atoms with Crippen LogP contribution in [0.3, 0.4) is 0 Å². The molecule has 60 heavy (non-hydrogen) atoms. The van der Waals surface area contributed by atoms with E-state index in [2.05, 4.69) is 215 Å². The minimum atomic E-state index is -0.0477. The third-order valence-electron chi connectivity index (χ3n) is 13.6. The summed E-state index contributed by atoms with van der Waals surface area (Å²) in [5.41, 5.74) is 19.3. The van der Waals surface area contributed by atoms with Gasteiger partial charge in [-0.05, 0) is 121 Å². The van der Waals surface area contributed by atoms with Crippen molar-refractivity contribution < 1.29 is 0 Å². The Morgan fingerprint density at radius 3 is 1.85 bits per heavy atom. The fourth-order valence-electron chi connectivity index (χ4n) is 10.5. The van der Waals surface area contributed by atoms with Crippen LogP contribution in [0.1, 0.15) is 94.9 Å². The van der Waals surface area contributed by atoms with E-state index in [0.717, 1.165) is 5.69 Å². The third-order valence-corrected chi connectivity index (χ3v) is 13.6. The van der Waals surface area contributed by atoms with Gasteiger partial charge < -0.3 is 4.90 Å². The smallest absolute Gasteiger partial charge is 0.0540 e. The molecule has 0 unspecified atom stereocenters. The summed E-state index contributed by atoms with van der Waals surface area (Å²) in [7, 11) is 0. The van der Waals surface area contributed by atoms with Crippen molar-refractivity contribution in [1.29, 1.82) is 0 Å². The summed E-state index contributed by atoms with van der Waals surface area (Å²) >= 11 is 0. The normalized spacial score (nSPS) is 14.8. The molecule has 8 aromatic rings. The molecule has 1 nitrogen and oxygen atoms in total. The largest absolute Gasteiger partial charge is 0.309 e. The summed E-state index contributed by atoms with van der Waals surface area (Å²) < 4.78 is 0. The second kappa shape index (κ2) is 15.1. The Bertz CT molecular complexity index is 2840. The van der Waals surface area contributed by atoms with Gasteiger partial charge in [0.25, 0.3) is 0 Å². The van der Waals surface area contributed by atoms with Crippen LogP contribution in [0.15, 0.2) is 176 Å². The molecule has 0 aliphatic heterocycles. The first-order valence-electron chi connectivity index (χ1n) is 22.1. The van der Waals surface area contributed by atoms with Crippen LogP contribution in [0.4, 0.5) is 17.1 Å². The van der Waals surface area contributed by atoms with E-state index in [1.165, 1.54) is 121 Å². The number of rotatable bonds is 7. The van der Waals surface area contributed by atoms with Crippen molar-refractivity contribution in [2.24, 2.45) is 0 Å². The first kappa shape index (κ1) is 38.0. The van der Waals surface area contributed by atoms with Crippen LogP contribution in [0.5, 0.6) is 0 Å². The average Bonchev–Trinajstić information content (AvgIpc) is 3.53. The van der Waals surface area contributed by atoms with Crippen molar-refractivity contribution in [1.82, 2.24) is 0 Å². The highest BCUT2D eigenvalue weighted by atomic mass is 15.1. The standard InChI is InChI=1S/C59H55N/c1-58(2,3)44-35-38-55(51(39-44)41-21-10-7-11-22-41)60(45-36-33-42(34-37-45)47-28-18-31-53-57(47)50-26-12-14-30-52(50)59(53,4)5)54-32-15-13-25-48(54)49-29-17-24-43-23-16-27-46(56(43)49)40-19-8-6-9-20-40/h7,10-18,21-40H,6,8-9,19-20H2,1-5H3. The molecule has 2 aliphatic carbocycles. The number of fused-ring (bicyclic) bond motifs is 4. The second-order valence-corrected chi connectivity index (χ2v) is 18.7. The summed E-state index contributed by atoms with van der Waals surface area (Å²) in [6.07, 6.45) is 6.50. The molecule has 1 heteroatoms. The van der Waals surface area contributed by atoms with E-state index < -0.39 is 0 Å². The molecular weight excluding hydrogens is 723 g/mol. The first-order valence-corrected chi connectivity index (χ1v) is 22.1. The van der Waals surface area contributed by atoms with E-state index in [9.17, 15) is 0 Å². The molecule has 1 fully saturated rings. The van der Waals surface area contributed by atoms with Gasteiger partial charge in [-0.15, -0.1) is 0 Å². The zero-order valence-corrected chi connectivity index (χ0v) is 35.8. The van der Waals surface area contributed by atoms with Gasteiger partial charge in [0.15, 0.2) is 0 Å². The Labute approximate surface area is 357 Å². The van der Waals surface area contributed by atoms with E-state index in [0.29, 0.717) is 5.92 Å². The first-order chi connectivity index (χ1) is 29.2. The molecule has 0 radical (unpaired) electrons. The van der Waals surface area contributed by atoms with Gasteiger partial charge in [-0.2, -0.15) is 0 Å². The Morgan fingerprint density at radius 2 is 1.08 bits per heavy atom. The van der Waals surface area contributed by atoms with E-state index in [4.69, 9.17) is 0 Å². The van der Waals surface area contributed by atoms with Crippen LogP contribution in [0.25, 0.3) is 55.3 Å². The van der Waals surface area contributed by atoms with Crippen LogP contribution in [0, 0.1) is 0 Å². The van der Waals surface area contributed by atoms with Gasteiger partial charge in [0.05, 0.1) is 11.4 Å². The molecule has 1 saturated carbocycles. The Balaban J connectivity index is 1.19. The number of anilines is 3. The maximum atomic E-state index is 2.53. The van der Waals surface area contributed by atoms with Gasteiger partial charge in [-0.1, -0.05) is 199 Å². The molecule has 0 spiro atoms. The Kier molecular flexibility index (Phi) is 9.60. The number of benzene rings is 8. The van der Waals surface area contributed by atoms with Gasteiger partial charge in [-0.3, -0.25) is 0 Å². The molecule has 0 atom stereocenters. The summed E-state index contributed by atoms with van der Waals surface area (Å²) in [4.78, 5) is 2.53. The van der Waals surface area contributed by atoms with Gasteiger partial charge >= 0.3 is 0 Å². The number of nitrogens with zero attached hydrogens (tertiary/aromatic N) is 1. The predicted octanol–water partition coefficient (Wildman–Crippen LogP) is 17.0. The SMILES string of the molecule is CC(C)(C)c1ccc(N(c2ccc(-c3cccc4c3-c3ccccc3C4(C)C)cc2)c2ccccc2-c2cccc3cccc(C4CCCCC4)c23)c(-c2ccccc2)c1. The number of hydrogen-bond acceptors (Lipinski definition) is 1. The molecular formula is C59H55N. The Hall–Kier alpha value is -6.18. The fourth-order valence-corrected chi connectivity index (χ4v) is 10.5. The van der Waals surface area contributed by atoms with E-state index in [1.807, 2.05) is 0 Å². The van der Waals surface area contributed by atoms with Crippen LogP contribution < -0.4 is 4.90 Å². The van der Waals surface area contributed by atoms with Crippen molar-refractivity contribution in [2.75, 3.05) is 4.90 Å². The van der Waals surface area contributed by atoms with Gasteiger partial charge in [0, 0.05) is 22.2 Å². The molecule has 0 amide bonds. The third kappa shape index (κ3) is 6.56. The monoisotopic (exact) mass is 777 g/mol. The highest BCUT2D eigenvalue weighted by Gasteiger charge is 2.36. The molecule has 0 N–H and O–H groups in total. The minimum Gasteiger partial charge on any atom is -0.309 e. The van der Waals surface area contributed by atoms with E-state index in [-0.39, 0.29) is 10.8 Å².